The second-order valence-electron chi connectivity index (χ2n) is 3.93. The number of aliphatic hydroxyl groups excluding tert-OH is 1. The molecule has 0 aromatic heterocycles. The van der Waals surface area contributed by atoms with E-state index >= 15 is 0 Å². The number of benzene rings is 1. The third-order valence-electron chi connectivity index (χ3n) is 2.95. The number of esters is 1. The van der Waals surface area contributed by atoms with E-state index in [1.807, 2.05) is 30.3 Å². The summed E-state index contributed by atoms with van der Waals surface area (Å²) in [7, 11) is 1.34. The fourth-order valence-corrected chi connectivity index (χ4v) is 1.90. The van der Waals surface area contributed by atoms with Gasteiger partial charge in [-0.3, -0.25) is 4.79 Å². The van der Waals surface area contributed by atoms with Crippen LogP contribution in [0.3, 0.4) is 0 Å². The van der Waals surface area contributed by atoms with Gasteiger partial charge in [-0.25, -0.2) is 0 Å². The molecule has 0 spiro atoms. The van der Waals surface area contributed by atoms with Crippen molar-refractivity contribution in [2.24, 2.45) is 0 Å². The molecule has 17 heavy (non-hydrogen) atoms. The number of hydrogen-bond donors (Lipinski definition) is 1. The Morgan fingerprint density at radius 1 is 1.47 bits per heavy atom. The van der Waals surface area contributed by atoms with Gasteiger partial charge in [0.1, 0.15) is 5.41 Å². The Morgan fingerprint density at radius 2 is 2.12 bits per heavy atom. The molecule has 92 valence electrons. The summed E-state index contributed by atoms with van der Waals surface area (Å²) in [5, 5.41) is 9.62. The molecule has 0 heterocycles. The van der Waals surface area contributed by atoms with Crippen molar-refractivity contribution >= 4 is 5.97 Å². The standard InChI is InChI=1S/C14H18O3/c1-3-4-10-14(11-15,13(16)17-2)12-8-6-5-7-9-12/h3,5-9,15H,1,4,10-11H2,2H3. The summed E-state index contributed by atoms with van der Waals surface area (Å²) in [6, 6.07) is 9.22. The minimum absolute atomic E-state index is 0.266. The van der Waals surface area contributed by atoms with Gasteiger partial charge in [-0.05, 0) is 18.4 Å². The van der Waals surface area contributed by atoms with Crippen LogP contribution in [-0.4, -0.2) is 24.8 Å². The first kappa shape index (κ1) is 13.5. The molecule has 0 aliphatic rings. The number of methoxy groups -OCH3 is 1. The van der Waals surface area contributed by atoms with Crippen molar-refractivity contribution in [2.45, 2.75) is 18.3 Å². The van der Waals surface area contributed by atoms with Gasteiger partial charge in [0.2, 0.25) is 0 Å². The lowest BCUT2D eigenvalue weighted by Crippen LogP contribution is -2.40. The third-order valence-corrected chi connectivity index (χ3v) is 2.95. The quantitative estimate of drug-likeness (QED) is 0.605. The maximum Gasteiger partial charge on any atom is 0.318 e. The molecule has 0 radical (unpaired) electrons. The Bertz CT molecular complexity index is 372. The van der Waals surface area contributed by atoms with Gasteiger partial charge in [-0.1, -0.05) is 36.4 Å². The Balaban J connectivity index is 3.15. The summed E-state index contributed by atoms with van der Waals surface area (Å²) in [6.45, 7) is 3.38. The molecule has 0 amide bonds. The first-order chi connectivity index (χ1) is 8.21. The molecule has 0 saturated heterocycles. The second-order valence-corrected chi connectivity index (χ2v) is 3.93. The predicted molar refractivity (Wildman–Crippen MR) is 66.7 cm³/mol. The molecule has 0 bridgehead atoms. The van der Waals surface area contributed by atoms with E-state index in [4.69, 9.17) is 4.74 Å². The molecule has 0 aliphatic heterocycles. The number of rotatable bonds is 6. The Hall–Kier alpha value is -1.61. The zero-order chi connectivity index (χ0) is 12.7. The van der Waals surface area contributed by atoms with Gasteiger partial charge in [-0.15, -0.1) is 6.58 Å². The molecular weight excluding hydrogens is 216 g/mol. The molecule has 0 aliphatic carbocycles. The molecule has 0 fully saturated rings. The number of aliphatic hydroxyl groups is 1. The van der Waals surface area contributed by atoms with Crippen molar-refractivity contribution in [1.29, 1.82) is 0 Å². The van der Waals surface area contributed by atoms with Crippen molar-refractivity contribution < 1.29 is 14.6 Å². The first-order valence-electron chi connectivity index (χ1n) is 5.57. The maximum absolute atomic E-state index is 12.0. The van der Waals surface area contributed by atoms with Gasteiger partial charge in [0.15, 0.2) is 0 Å². The molecule has 1 atom stereocenters. The summed E-state index contributed by atoms with van der Waals surface area (Å²) in [4.78, 5) is 12.0. The smallest absolute Gasteiger partial charge is 0.318 e. The van der Waals surface area contributed by atoms with E-state index in [1.165, 1.54) is 7.11 Å². The average Bonchev–Trinajstić information content (AvgIpc) is 2.41. The predicted octanol–water partition coefficient (Wildman–Crippen LogP) is 2.06. The van der Waals surface area contributed by atoms with Gasteiger partial charge in [0.25, 0.3) is 0 Å². The van der Waals surface area contributed by atoms with E-state index in [0.717, 1.165) is 5.56 Å². The lowest BCUT2D eigenvalue weighted by molar-refractivity contribution is -0.149. The van der Waals surface area contributed by atoms with E-state index < -0.39 is 11.4 Å². The van der Waals surface area contributed by atoms with E-state index in [-0.39, 0.29) is 6.61 Å². The topological polar surface area (TPSA) is 46.5 Å². The van der Waals surface area contributed by atoms with Crippen molar-refractivity contribution in [3.8, 4) is 0 Å². The summed E-state index contributed by atoms with van der Waals surface area (Å²) in [5.41, 5.74) is -0.208. The average molecular weight is 234 g/mol. The van der Waals surface area contributed by atoms with Crippen molar-refractivity contribution in [1.82, 2.24) is 0 Å². The largest absolute Gasteiger partial charge is 0.468 e. The molecule has 1 rings (SSSR count). The normalized spacial score (nSPS) is 13.8. The molecule has 0 saturated carbocycles. The van der Waals surface area contributed by atoms with Gasteiger partial charge in [0, 0.05) is 0 Å². The van der Waals surface area contributed by atoms with E-state index in [1.54, 1.807) is 6.08 Å². The molecule has 1 aromatic rings. The van der Waals surface area contributed by atoms with Crippen LogP contribution in [0.15, 0.2) is 43.0 Å². The van der Waals surface area contributed by atoms with E-state index in [0.29, 0.717) is 12.8 Å². The highest BCUT2D eigenvalue weighted by Gasteiger charge is 2.40. The second kappa shape index (κ2) is 6.21. The van der Waals surface area contributed by atoms with Crippen LogP contribution >= 0.6 is 0 Å². The van der Waals surface area contributed by atoms with Crippen LogP contribution < -0.4 is 0 Å². The van der Waals surface area contributed by atoms with Crippen molar-refractivity contribution in [3.05, 3.63) is 48.6 Å². The fourth-order valence-electron chi connectivity index (χ4n) is 1.90. The zero-order valence-corrected chi connectivity index (χ0v) is 10.1. The molecule has 1 aromatic carbocycles. The third kappa shape index (κ3) is 2.74. The number of carbonyl (C=O) groups is 1. The van der Waals surface area contributed by atoms with Crippen LogP contribution in [0.2, 0.25) is 0 Å². The highest BCUT2D eigenvalue weighted by atomic mass is 16.5. The highest BCUT2D eigenvalue weighted by molar-refractivity contribution is 5.83. The molecule has 3 heteroatoms. The Kier molecular flexibility index (Phi) is 4.91. The van der Waals surface area contributed by atoms with Crippen molar-refractivity contribution in [2.75, 3.05) is 13.7 Å². The van der Waals surface area contributed by atoms with E-state index in [2.05, 4.69) is 6.58 Å². The highest BCUT2D eigenvalue weighted by Crippen LogP contribution is 2.30. The summed E-state index contributed by atoms with van der Waals surface area (Å²) >= 11 is 0. The van der Waals surface area contributed by atoms with Crippen molar-refractivity contribution in [3.63, 3.8) is 0 Å². The summed E-state index contributed by atoms with van der Waals surface area (Å²) in [6.07, 6.45) is 2.87. The van der Waals surface area contributed by atoms with Gasteiger partial charge < -0.3 is 9.84 Å². The SMILES string of the molecule is C=CCCC(CO)(C(=O)OC)c1ccccc1. The molecule has 3 nitrogen and oxygen atoms in total. The van der Waals surface area contributed by atoms with E-state index in [9.17, 15) is 9.90 Å². The van der Waals surface area contributed by atoms with Crippen LogP contribution in [0.1, 0.15) is 18.4 Å². The zero-order valence-electron chi connectivity index (χ0n) is 10.1. The van der Waals surface area contributed by atoms with Crippen LogP contribution in [0.4, 0.5) is 0 Å². The van der Waals surface area contributed by atoms with Crippen LogP contribution in [0, 0.1) is 0 Å². The lowest BCUT2D eigenvalue weighted by Gasteiger charge is -2.29. The van der Waals surface area contributed by atoms with Crippen LogP contribution in [0.25, 0.3) is 0 Å². The number of carbonyl (C=O) groups excluding carboxylic acids is 1. The maximum atomic E-state index is 12.0. The lowest BCUT2D eigenvalue weighted by atomic mass is 9.77. The van der Waals surface area contributed by atoms with Gasteiger partial charge >= 0.3 is 5.97 Å². The minimum Gasteiger partial charge on any atom is -0.468 e. The number of hydrogen-bond acceptors (Lipinski definition) is 3. The van der Waals surface area contributed by atoms with Crippen LogP contribution in [0.5, 0.6) is 0 Å². The minimum atomic E-state index is -0.982. The number of ether oxygens (including phenoxy) is 1. The fraction of sp³-hybridized carbons (Fsp3) is 0.357. The monoisotopic (exact) mass is 234 g/mol. The summed E-state index contributed by atoms with van der Waals surface area (Å²) < 4.78 is 4.82. The summed E-state index contributed by atoms with van der Waals surface area (Å²) in [5.74, 6) is -0.409. The molecular formula is C14H18O3. The van der Waals surface area contributed by atoms with Crippen LogP contribution in [-0.2, 0) is 14.9 Å². The first-order valence-corrected chi connectivity index (χ1v) is 5.57. The molecule has 1 N–H and O–H groups in total. The Morgan fingerprint density at radius 3 is 2.59 bits per heavy atom. The Labute approximate surface area is 102 Å². The number of allylic oxidation sites excluding steroid dienone is 1. The molecule has 1 unspecified atom stereocenters. The van der Waals surface area contributed by atoms with Gasteiger partial charge in [0.05, 0.1) is 13.7 Å². The van der Waals surface area contributed by atoms with Gasteiger partial charge in [-0.2, -0.15) is 0 Å².